The molecule has 0 aliphatic carbocycles. The van der Waals surface area contributed by atoms with E-state index >= 15 is 0 Å². The maximum atomic E-state index is 12.8. The molecule has 6 nitrogen and oxygen atoms in total. The van der Waals surface area contributed by atoms with Crippen molar-refractivity contribution in [3.63, 3.8) is 0 Å². The second-order valence-electron chi connectivity index (χ2n) is 6.47. The summed E-state index contributed by atoms with van der Waals surface area (Å²) >= 11 is 0. The van der Waals surface area contributed by atoms with Crippen molar-refractivity contribution in [1.29, 1.82) is 0 Å². The summed E-state index contributed by atoms with van der Waals surface area (Å²) in [7, 11) is 0. The first-order valence-corrected chi connectivity index (χ1v) is 8.78. The largest absolute Gasteiger partial charge is 0.481 e. The zero-order valence-corrected chi connectivity index (χ0v) is 15.3. The molecule has 2 aromatic rings. The molecule has 2 atom stereocenters. The van der Waals surface area contributed by atoms with Gasteiger partial charge in [-0.3, -0.25) is 9.59 Å². The number of nitrogens with zero attached hydrogens (tertiary/aromatic N) is 1. The molecule has 0 N–H and O–H groups in total. The highest BCUT2D eigenvalue weighted by Crippen LogP contribution is 2.32. The summed E-state index contributed by atoms with van der Waals surface area (Å²) in [5, 5.41) is 0. The van der Waals surface area contributed by atoms with Crippen LogP contribution in [0.1, 0.15) is 29.8 Å². The number of aldehydes is 1. The number of carbonyl (C=O) groups is 3. The van der Waals surface area contributed by atoms with Gasteiger partial charge in [-0.1, -0.05) is 30.3 Å². The zero-order chi connectivity index (χ0) is 19.4. The molecule has 1 aliphatic heterocycles. The standard InChI is InChI=1S/C21H21NO5/c1-14-11-16-7-3-5-9-18(16)22(14)21(25)15(2)27-20(24)13-26-19-10-6-4-8-17(19)12-23/h3-10,12,14-15H,11,13H2,1-2H3/t14-,15+/m1/s1. The van der Waals surface area contributed by atoms with Crippen LogP contribution in [0.4, 0.5) is 5.69 Å². The Balaban J connectivity index is 1.60. The third-order valence-electron chi connectivity index (χ3n) is 4.49. The Morgan fingerprint density at radius 3 is 2.67 bits per heavy atom. The van der Waals surface area contributed by atoms with Crippen molar-refractivity contribution in [1.82, 2.24) is 0 Å². The molecule has 2 aromatic carbocycles. The molecule has 0 fully saturated rings. The van der Waals surface area contributed by atoms with Gasteiger partial charge in [-0.05, 0) is 44.0 Å². The quantitative estimate of drug-likeness (QED) is 0.580. The molecule has 3 rings (SSSR count). The van der Waals surface area contributed by atoms with E-state index in [0.29, 0.717) is 17.6 Å². The van der Waals surface area contributed by atoms with Crippen LogP contribution in [0.25, 0.3) is 0 Å². The minimum Gasteiger partial charge on any atom is -0.481 e. The lowest BCUT2D eigenvalue weighted by Crippen LogP contribution is -2.43. The van der Waals surface area contributed by atoms with E-state index in [1.165, 1.54) is 0 Å². The van der Waals surface area contributed by atoms with E-state index in [9.17, 15) is 14.4 Å². The molecule has 0 unspecified atom stereocenters. The smallest absolute Gasteiger partial charge is 0.344 e. The number of fused-ring (bicyclic) bond motifs is 1. The van der Waals surface area contributed by atoms with E-state index in [2.05, 4.69) is 0 Å². The number of hydrogen-bond acceptors (Lipinski definition) is 5. The lowest BCUT2D eigenvalue weighted by atomic mass is 10.1. The maximum absolute atomic E-state index is 12.8. The Kier molecular flexibility index (Phi) is 5.54. The molecular weight excluding hydrogens is 346 g/mol. The van der Waals surface area contributed by atoms with Crippen molar-refractivity contribution in [2.75, 3.05) is 11.5 Å². The number of carbonyl (C=O) groups excluding carboxylic acids is 3. The lowest BCUT2D eigenvalue weighted by Gasteiger charge is -2.25. The van der Waals surface area contributed by atoms with Crippen LogP contribution in [0.5, 0.6) is 5.75 Å². The minimum absolute atomic E-state index is 0.00627. The van der Waals surface area contributed by atoms with Crippen molar-refractivity contribution < 1.29 is 23.9 Å². The molecule has 0 radical (unpaired) electrons. The monoisotopic (exact) mass is 367 g/mol. The summed E-state index contributed by atoms with van der Waals surface area (Å²) in [5.41, 5.74) is 2.30. The van der Waals surface area contributed by atoms with Gasteiger partial charge >= 0.3 is 5.97 Å². The molecule has 0 spiro atoms. The van der Waals surface area contributed by atoms with Gasteiger partial charge in [0, 0.05) is 11.7 Å². The summed E-state index contributed by atoms with van der Waals surface area (Å²) in [6.45, 7) is 3.13. The number of hydrogen-bond donors (Lipinski definition) is 0. The molecule has 1 amide bonds. The van der Waals surface area contributed by atoms with E-state index in [1.54, 1.807) is 36.1 Å². The Labute approximate surface area is 157 Å². The first-order chi connectivity index (χ1) is 13.0. The minimum atomic E-state index is -0.934. The summed E-state index contributed by atoms with van der Waals surface area (Å²) < 4.78 is 10.6. The average molecular weight is 367 g/mol. The van der Waals surface area contributed by atoms with Crippen molar-refractivity contribution in [3.05, 3.63) is 59.7 Å². The number of anilines is 1. The normalized spacial score (nSPS) is 16.4. The molecule has 0 saturated heterocycles. The van der Waals surface area contributed by atoms with Crippen molar-refractivity contribution in [3.8, 4) is 5.75 Å². The third-order valence-corrected chi connectivity index (χ3v) is 4.49. The van der Waals surface area contributed by atoms with Gasteiger partial charge in [0.1, 0.15) is 5.75 Å². The van der Waals surface area contributed by atoms with Crippen molar-refractivity contribution >= 4 is 23.9 Å². The predicted octanol–water partition coefficient (Wildman–Crippen LogP) is 2.79. The number of para-hydroxylation sites is 2. The van der Waals surface area contributed by atoms with Crippen LogP contribution in [0.2, 0.25) is 0 Å². The third kappa shape index (κ3) is 4.00. The van der Waals surface area contributed by atoms with Crippen LogP contribution in [-0.2, 0) is 20.7 Å². The first-order valence-electron chi connectivity index (χ1n) is 8.78. The van der Waals surface area contributed by atoms with Gasteiger partial charge in [0.25, 0.3) is 5.91 Å². The van der Waals surface area contributed by atoms with E-state index in [-0.39, 0.29) is 18.6 Å². The van der Waals surface area contributed by atoms with Crippen molar-refractivity contribution in [2.24, 2.45) is 0 Å². The lowest BCUT2D eigenvalue weighted by molar-refractivity contribution is -0.155. The number of benzene rings is 2. The number of esters is 1. The highest BCUT2D eigenvalue weighted by Gasteiger charge is 2.34. The van der Waals surface area contributed by atoms with E-state index < -0.39 is 12.1 Å². The number of ether oxygens (including phenoxy) is 2. The molecule has 140 valence electrons. The summed E-state index contributed by atoms with van der Waals surface area (Å²) in [4.78, 5) is 37.5. The Morgan fingerprint density at radius 1 is 1.19 bits per heavy atom. The van der Waals surface area contributed by atoms with Crippen LogP contribution in [0.3, 0.4) is 0 Å². The number of rotatable bonds is 6. The topological polar surface area (TPSA) is 72.9 Å². The predicted molar refractivity (Wildman–Crippen MR) is 100.0 cm³/mol. The van der Waals surface area contributed by atoms with E-state index in [1.807, 2.05) is 31.2 Å². The number of amides is 1. The Bertz CT molecular complexity index is 863. The van der Waals surface area contributed by atoms with E-state index in [0.717, 1.165) is 17.7 Å². The highest BCUT2D eigenvalue weighted by atomic mass is 16.6. The summed E-state index contributed by atoms with van der Waals surface area (Å²) in [6, 6.07) is 14.3. The van der Waals surface area contributed by atoms with Crippen LogP contribution >= 0.6 is 0 Å². The fourth-order valence-electron chi connectivity index (χ4n) is 3.22. The second-order valence-corrected chi connectivity index (χ2v) is 6.47. The molecule has 0 saturated carbocycles. The summed E-state index contributed by atoms with van der Waals surface area (Å²) in [5.74, 6) is -0.642. The van der Waals surface area contributed by atoms with Crippen molar-refractivity contribution in [2.45, 2.75) is 32.4 Å². The van der Waals surface area contributed by atoms with Gasteiger partial charge in [0.05, 0.1) is 5.56 Å². The average Bonchev–Trinajstić information content (AvgIpc) is 3.01. The molecule has 6 heteroatoms. The molecule has 0 bridgehead atoms. The maximum Gasteiger partial charge on any atom is 0.344 e. The van der Waals surface area contributed by atoms with Crippen LogP contribution in [0, 0.1) is 0 Å². The SMILES string of the molecule is C[C@H](OC(=O)COc1ccccc1C=O)C(=O)N1c2ccccc2C[C@H]1C. The van der Waals surface area contributed by atoms with Gasteiger partial charge in [0.2, 0.25) is 0 Å². The molecular formula is C21H21NO5. The summed E-state index contributed by atoms with van der Waals surface area (Å²) in [6.07, 6.45) is 0.490. The van der Waals surface area contributed by atoms with Crippen LogP contribution in [-0.4, -0.2) is 36.9 Å². The fraction of sp³-hybridized carbons (Fsp3) is 0.286. The zero-order valence-electron chi connectivity index (χ0n) is 15.3. The second kappa shape index (κ2) is 8.03. The molecule has 27 heavy (non-hydrogen) atoms. The van der Waals surface area contributed by atoms with Crippen LogP contribution in [0.15, 0.2) is 48.5 Å². The highest BCUT2D eigenvalue weighted by molar-refractivity contribution is 5.99. The van der Waals surface area contributed by atoms with Crippen LogP contribution < -0.4 is 9.64 Å². The molecule has 1 aliphatic rings. The van der Waals surface area contributed by atoms with Gasteiger partial charge in [0.15, 0.2) is 19.0 Å². The van der Waals surface area contributed by atoms with Gasteiger partial charge in [-0.15, -0.1) is 0 Å². The van der Waals surface area contributed by atoms with Gasteiger partial charge in [-0.25, -0.2) is 4.79 Å². The fourth-order valence-corrected chi connectivity index (χ4v) is 3.22. The van der Waals surface area contributed by atoms with Gasteiger partial charge in [-0.2, -0.15) is 0 Å². The molecule has 1 heterocycles. The molecule has 0 aromatic heterocycles. The Hall–Kier alpha value is -3.15. The van der Waals surface area contributed by atoms with E-state index in [4.69, 9.17) is 9.47 Å². The first kappa shape index (κ1) is 18.6. The Morgan fingerprint density at radius 2 is 1.89 bits per heavy atom. The van der Waals surface area contributed by atoms with Gasteiger partial charge < -0.3 is 14.4 Å².